The minimum Gasteiger partial charge on any atom is -0.469 e. The number of rotatable bonds is 5. The lowest BCUT2D eigenvalue weighted by atomic mass is 9.99. The first-order valence-corrected chi connectivity index (χ1v) is 10.7. The number of nitrogens with zero attached hydrogens (tertiary/aromatic N) is 4. The Morgan fingerprint density at radius 1 is 1.10 bits per heavy atom. The lowest BCUT2D eigenvalue weighted by Gasteiger charge is -2.36. The molecule has 164 valence electrons. The molecule has 1 aromatic rings. The average Bonchev–Trinajstić information content (AvgIpc) is 3.18. The Morgan fingerprint density at radius 2 is 1.80 bits per heavy atom. The highest BCUT2D eigenvalue weighted by molar-refractivity contribution is 5.86. The molecule has 8 heteroatoms. The van der Waals surface area contributed by atoms with Crippen molar-refractivity contribution in [1.29, 1.82) is 0 Å². The minimum absolute atomic E-state index is 0.0369. The van der Waals surface area contributed by atoms with Crippen LogP contribution in [0.15, 0.2) is 35.3 Å². The maximum atomic E-state index is 12.7. The third kappa shape index (κ3) is 5.23. The first-order valence-electron chi connectivity index (χ1n) is 10.7. The van der Waals surface area contributed by atoms with Gasteiger partial charge in [-0.3, -0.25) is 9.59 Å². The number of guanidine groups is 1. The van der Waals surface area contributed by atoms with E-state index in [0.717, 1.165) is 19.6 Å². The number of amides is 1. The van der Waals surface area contributed by atoms with Crippen LogP contribution in [0.25, 0.3) is 0 Å². The molecule has 2 aliphatic rings. The predicted molar refractivity (Wildman–Crippen MR) is 117 cm³/mol. The van der Waals surface area contributed by atoms with Crippen LogP contribution in [0.3, 0.4) is 0 Å². The number of likely N-dealkylation sites (tertiary alicyclic amines) is 1. The monoisotopic (exact) mass is 415 g/mol. The summed E-state index contributed by atoms with van der Waals surface area (Å²) in [6.07, 6.45) is 0. The number of piperazine rings is 1. The lowest BCUT2D eigenvalue weighted by Crippen LogP contribution is -2.49. The maximum absolute atomic E-state index is 12.7. The number of nitrogens with one attached hydrogen (secondary N) is 1. The van der Waals surface area contributed by atoms with Gasteiger partial charge in [0, 0.05) is 51.5 Å². The number of anilines is 1. The Balaban J connectivity index is 1.55. The molecule has 2 fully saturated rings. The molecular weight excluding hydrogens is 382 g/mol. The van der Waals surface area contributed by atoms with Gasteiger partial charge in [0.05, 0.1) is 13.0 Å². The second-order valence-electron chi connectivity index (χ2n) is 7.89. The summed E-state index contributed by atoms with van der Waals surface area (Å²) in [5.41, 5.74) is 1.19. The summed E-state index contributed by atoms with van der Waals surface area (Å²) in [5, 5.41) is 3.25. The summed E-state index contributed by atoms with van der Waals surface area (Å²) < 4.78 is 4.92. The number of ether oxygens (including phenoxy) is 1. The van der Waals surface area contributed by atoms with E-state index in [1.807, 2.05) is 36.9 Å². The number of carbonyl (C=O) groups excluding carboxylic acids is 2. The van der Waals surface area contributed by atoms with Crippen molar-refractivity contribution in [3.63, 3.8) is 0 Å². The number of hydrogen-bond acceptors (Lipinski definition) is 5. The van der Waals surface area contributed by atoms with Gasteiger partial charge in [-0.15, -0.1) is 0 Å². The number of aliphatic imine (C=N–C) groups is 1. The average molecular weight is 416 g/mol. The Hall–Kier alpha value is -2.77. The summed E-state index contributed by atoms with van der Waals surface area (Å²) in [6.45, 7) is 9.18. The molecule has 3 rings (SSSR count). The van der Waals surface area contributed by atoms with Gasteiger partial charge in [-0.2, -0.15) is 0 Å². The van der Waals surface area contributed by atoms with Crippen molar-refractivity contribution in [2.24, 2.45) is 16.8 Å². The van der Waals surface area contributed by atoms with Gasteiger partial charge < -0.3 is 24.8 Å². The molecule has 0 aromatic heterocycles. The highest BCUT2D eigenvalue weighted by Crippen LogP contribution is 2.24. The summed E-state index contributed by atoms with van der Waals surface area (Å²) in [5.74, 6) is 0.554. The van der Waals surface area contributed by atoms with Crippen LogP contribution in [0, 0.1) is 11.8 Å². The first-order chi connectivity index (χ1) is 14.5. The van der Waals surface area contributed by atoms with E-state index >= 15 is 0 Å². The van der Waals surface area contributed by atoms with Crippen molar-refractivity contribution in [2.75, 3.05) is 64.4 Å². The van der Waals surface area contributed by atoms with Crippen LogP contribution in [0.4, 0.5) is 5.69 Å². The Labute approximate surface area is 178 Å². The number of hydrogen-bond donors (Lipinski definition) is 1. The lowest BCUT2D eigenvalue weighted by molar-refractivity contribution is -0.146. The van der Waals surface area contributed by atoms with E-state index < -0.39 is 0 Å². The Bertz CT molecular complexity index is 746. The number of esters is 1. The molecule has 2 unspecified atom stereocenters. The first kappa shape index (κ1) is 21.9. The van der Waals surface area contributed by atoms with Gasteiger partial charge in [-0.05, 0) is 25.0 Å². The van der Waals surface area contributed by atoms with E-state index in [1.165, 1.54) is 12.8 Å². The van der Waals surface area contributed by atoms with Crippen LogP contribution in [0.2, 0.25) is 0 Å². The van der Waals surface area contributed by atoms with Crippen molar-refractivity contribution in [3.05, 3.63) is 30.3 Å². The van der Waals surface area contributed by atoms with Gasteiger partial charge in [-0.1, -0.05) is 25.1 Å². The van der Waals surface area contributed by atoms with Crippen molar-refractivity contribution < 1.29 is 14.3 Å². The number of methoxy groups -OCH3 is 1. The van der Waals surface area contributed by atoms with Crippen LogP contribution in [0.5, 0.6) is 0 Å². The molecule has 8 nitrogen and oxygen atoms in total. The van der Waals surface area contributed by atoms with Gasteiger partial charge in [0.15, 0.2) is 5.96 Å². The van der Waals surface area contributed by atoms with Crippen LogP contribution in [-0.4, -0.2) is 87.1 Å². The normalized spacial score (nSPS) is 22.2. The van der Waals surface area contributed by atoms with Crippen LogP contribution < -0.4 is 10.2 Å². The molecule has 0 spiro atoms. The smallest absolute Gasteiger partial charge is 0.310 e. The quantitative estimate of drug-likeness (QED) is 0.440. The molecular formula is C22H33N5O3. The highest BCUT2D eigenvalue weighted by Gasteiger charge is 2.37. The Morgan fingerprint density at radius 3 is 2.43 bits per heavy atom. The van der Waals surface area contributed by atoms with E-state index in [1.54, 1.807) is 0 Å². The van der Waals surface area contributed by atoms with Crippen LogP contribution in [0.1, 0.15) is 13.8 Å². The predicted octanol–water partition coefficient (Wildman–Crippen LogP) is 1.04. The van der Waals surface area contributed by atoms with Gasteiger partial charge in [0.1, 0.15) is 6.54 Å². The largest absolute Gasteiger partial charge is 0.469 e. The van der Waals surface area contributed by atoms with Crippen LogP contribution >= 0.6 is 0 Å². The number of benzene rings is 1. The summed E-state index contributed by atoms with van der Waals surface area (Å²) in [6, 6.07) is 10.3. The third-order valence-corrected chi connectivity index (χ3v) is 5.87. The van der Waals surface area contributed by atoms with Crippen molar-refractivity contribution >= 4 is 23.5 Å². The molecule has 1 amide bonds. The molecule has 30 heavy (non-hydrogen) atoms. The van der Waals surface area contributed by atoms with Gasteiger partial charge >= 0.3 is 5.97 Å². The van der Waals surface area contributed by atoms with E-state index in [-0.39, 0.29) is 30.3 Å². The van der Waals surface area contributed by atoms with Gasteiger partial charge in [-0.25, -0.2) is 4.99 Å². The van der Waals surface area contributed by atoms with Crippen molar-refractivity contribution in [3.8, 4) is 0 Å². The zero-order chi connectivity index (χ0) is 21.5. The molecule has 2 aliphatic heterocycles. The molecule has 1 aromatic carbocycles. The van der Waals surface area contributed by atoms with Crippen molar-refractivity contribution in [1.82, 2.24) is 15.1 Å². The standard InChI is InChI=1S/C22H33N5O3/c1-4-23-22(27-15-17(2)19(16-27)21(29)30-3)24-14-20(28)26-12-10-25(11-13-26)18-8-6-5-7-9-18/h5-9,17,19H,4,10-16H2,1-3H3,(H,23,24). The fourth-order valence-corrected chi connectivity index (χ4v) is 4.12. The summed E-state index contributed by atoms with van der Waals surface area (Å²) >= 11 is 0. The summed E-state index contributed by atoms with van der Waals surface area (Å²) in [4.78, 5) is 35.5. The molecule has 2 heterocycles. The zero-order valence-corrected chi connectivity index (χ0v) is 18.2. The molecule has 0 saturated carbocycles. The van der Waals surface area contributed by atoms with Crippen molar-refractivity contribution in [2.45, 2.75) is 13.8 Å². The second kappa shape index (κ2) is 10.3. The molecule has 0 radical (unpaired) electrons. The highest BCUT2D eigenvalue weighted by atomic mass is 16.5. The molecule has 2 atom stereocenters. The number of carbonyl (C=O) groups is 2. The summed E-state index contributed by atoms with van der Waals surface area (Å²) in [7, 11) is 1.42. The third-order valence-electron chi connectivity index (χ3n) is 5.87. The Kier molecular flexibility index (Phi) is 7.54. The van der Waals surface area contributed by atoms with Gasteiger partial charge in [0.2, 0.25) is 5.91 Å². The van der Waals surface area contributed by atoms with E-state index in [2.05, 4.69) is 32.2 Å². The fourth-order valence-electron chi connectivity index (χ4n) is 4.12. The fraction of sp³-hybridized carbons (Fsp3) is 0.591. The minimum atomic E-state index is -0.187. The molecule has 2 saturated heterocycles. The van der Waals surface area contributed by atoms with E-state index in [0.29, 0.717) is 32.1 Å². The molecule has 0 bridgehead atoms. The van der Waals surface area contributed by atoms with Crippen LogP contribution in [-0.2, 0) is 14.3 Å². The van der Waals surface area contributed by atoms with Gasteiger partial charge in [0.25, 0.3) is 0 Å². The molecule has 1 N–H and O–H groups in total. The second-order valence-corrected chi connectivity index (χ2v) is 7.89. The SMILES string of the molecule is CCNC(=NCC(=O)N1CCN(c2ccccc2)CC1)N1CC(C)C(C(=O)OC)C1. The maximum Gasteiger partial charge on any atom is 0.310 e. The number of para-hydroxylation sites is 1. The molecule has 0 aliphatic carbocycles. The van der Waals surface area contributed by atoms with E-state index in [9.17, 15) is 9.59 Å². The van der Waals surface area contributed by atoms with E-state index in [4.69, 9.17) is 4.74 Å². The topological polar surface area (TPSA) is 77.5 Å². The zero-order valence-electron chi connectivity index (χ0n) is 18.2.